The van der Waals surface area contributed by atoms with Gasteiger partial charge in [-0.25, -0.2) is 0 Å². The van der Waals surface area contributed by atoms with Crippen LogP contribution in [0.15, 0.2) is 22.8 Å². The first-order valence-electron chi connectivity index (χ1n) is 6.82. The van der Waals surface area contributed by atoms with Gasteiger partial charge in [-0.3, -0.25) is 0 Å². The van der Waals surface area contributed by atoms with E-state index in [9.17, 15) is 9.90 Å². The lowest BCUT2D eigenvalue weighted by molar-refractivity contribution is -0.935. The van der Waals surface area contributed by atoms with E-state index < -0.39 is 5.97 Å². The van der Waals surface area contributed by atoms with Crippen molar-refractivity contribution < 1.29 is 19.2 Å². The highest BCUT2D eigenvalue weighted by atomic mass is 16.4. The summed E-state index contributed by atoms with van der Waals surface area (Å²) in [5.74, 6) is -0.115. The molecule has 0 aliphatic heterocycles. The smallest absolute Gasteiger partial charge is 0.157 e. The van der Waals surface area contributed by atoms with E-state index in [-0.39, 0.29) is 6.54 Å². The SMILES string of the molecule is O=C([O-])C[NH+](Cc1ccco1)C1CCCCCC1. The van der Waals surface area contributed by atoms with Gasteiger partial charge in [-0.2, -0.15) is 0 Å². The number of aliphatic carboxylic acids is 1. The molecule has 100 valence electrons. The summed E-state index contributed by atoms with van der Waals surface area (Å²) in [5.41, 5.74) is 0. The summed E-state index contributed by atoms with van der Waals surface area (Å²) in [5, 5.41) is 10.9. The number of quaternary nitrogens is 1. The maximum Gasteiger partial charge on any atom is 0.157 e. The van der Waals surface area contributed by atoms with E-state index in [0.29, 0.717) is 12.6 Å². The number of rotatable bonds is 5. The predicted molar refractivity (Wildman–Crippen MR) is 64.7 cm³/mol. The highest BCUT2D eigenvalue weighted by molar-refractivity contribution is 5.65. The molecule has 1 saturated carbocycles. The standard InChI is InChI=1S/C14H21NO3/c16-14(17)11-15(10-13-8-5-9-18-13)12-6-3-1-2-4-7-12/h5,8-9,12H,1-4,6-7,10-11H2,(H,16,17). The summed E-state index contributed by atoms with van der Waals surface area (Å²) in [7, 11) is 0. The largest absolute Gasteiger partial charge is 0.544 e. The van der Waals surface area contributed by atoms with Crippen LogP contribution >= 0.6 is 0 Å². The minimum Gasteiger partial charge on any atom is -0.544 e. The van der Waals surface area contributed by atoms with Crippen LogP contribution in [-0.2, 0) is 11.3 Å². The lowest BCUT2D eigenvalue weighted by Crippen LogP contribution is -3.15. The van der Waals surface area contributed by atoms with E-state index in [4.69, 9.17) is 4.42 Å². The molecule has 0 saturated heterocycles. The van der Waals surface area contributed by atoms with Gasteiger partial charge >= 0.3 is 0 Å². The number of carboxylic acid groups (broad SMARTS) is 1. The molecule has 0 aromatic carbocycles. The first-order chi connectivity index (χ1) is 8.75. The van der Waals surface area contributed by atoms with Gasteiger partial charge in [0.15, 0.2) is 5.76 Å². The molecule has 0 bridgehead atoms. The number of hydrogen-bond donors (Lipinski definition) is 1. The van der Waals surface area contributed by atoms with Gasteiger partial charge in [0.2, 0.25) is 0 Å². The van der Waals surface area contributed by atoms with Gasteiger partial charge in [0.05, 0.1) is 18.3 Å². The number of hydrogen-bond acceptors (Lipinski definition) is 3. The molecule has 0 spiro atoms. The van der Waals surface area contributed by atoms with Gasteiger partial charge in [0.25, 0.3) is 0 Å². The van der Waals surface area contributed by atoms with Gasteiger partial charge in [0.1, 0.15) is 13.1 Å². The van der Waals surface area contributed by atoms with Crippen molar-refractivity contribution in [2.24, 2.45) is 0 Å². The van der Waals surface area contributed by atoms with Crippen LogP contribution in [0.1, 0.15) is 44.3 Å². The third kappa shape index (κ3) is 3.88. The van der Waals surface area contributed by atoms with Gasteiger partial charge in [-0.1, -0.05) is 12.8 Å². The van der Waals surface area contributed by atoms with Crippen LogP contribution in [0.25, 0.3) is 0 Å². The number of nitrogens with one attached hydrogen (secondary N) is 1. The third-order valence-corrected chi connectivity index (χ3v) is 3.79. The molecule has 1 heterocycles. The van der Waals surface area contributed by atoms with E-state index in [1.807, 2.05) is 12.1 Å². The van der Waals surface area contributed by atoms with Crippen molar-refractivity contribution >= 4 is 5.97 Å². The minimum atomic E-state index is -0.971. The Morgan fingerprint density at radius 3 is 2.61 bits per heavy atom. The summed E-state index contributed by atoms with van der Waals surface area (Å²) in [4.78, 5) is 12.0. The summed E-state index contributed by atoms with van der Waals surface area (Å²) < 4.78 is 5.33. The Balaban J connectivity index is 2.00. The zero-order valence-corrected chi connectivity index (χ0v) is 10.7. The molecule has 1 aliphatic carbocycles. The fourth-order valence-electron chi connectivity index (χ4n) is 2.86. The molecule has 0 amide bonds. The average molecular weight is 251 g/mol. The molecule has 4 nitrogen and oxygen atoms in total. The molecule has 1 N–H and O–H groups in total. The average Bonchev–Trinajstić information content (AvgIpc) is 2.68. The van der Waals surface area contributed by atoms with Gasteiger partial charge in [-0.05, 0) is 37.8 Å². The van der Waals surface area contributed by atoms with Crippen LogP contribution in [0.3, 0.4) is 0 Å². The van der Waals surface area contributed by atoms with Crippen LogP contribution < -0.4 is 10.0 Å². The Morgan fingerprint density at radius 2 is 2.06 bits per heavy atom. The maximum atomic E-state index is 10.9. The molecule has 4 heteroatoms. The molecule has 18 heavy (non-hydrogen) atoms. The number of carbonyl (C=O) groups excluding carboxylic acids is 1. The van der Waals surface area contributed by atoms with Crippen molar-refractivity contribution in [3.63, 3.8) is 0 Å². The lowest BCUT2D eigenvalue weighted by atomic mass is 10.1. The zero-order chi connectivity index (χ0) is 12.8. The van der Waals surface area contributed by atoms with Crippen molar-refractivity contribution in [1.82, 2.24) is 0 Å². The second kappa shape index (κ2) is 6.59. The summed E-state index contributed by atoms with van der Waals surface area (Å²) in [6, 6.07) is 4.18. The molecule has 0 radical (unpaired) electrons. The monoisotopic (exact) mass is 251 g/mol. The Bertz CT molecular complexity index is 353. The zero-order valence-electron chi connectivity index (χ0n) is 10.7. The van der Waals surface area contributed by atoms with Crippen molar-refractivity contribution in [1.29, 1.82) is 0 Å². The normalized spacial score (nSPS) is 19.3. The van der Waals surface area contributed by atoms with Gasteiger partial charge < -0.3 is 19.2 Å². The van der Waals surface area contributed by atoms with E-state index in [2.05, 4.69) is 0 Å². The minimum absolute atomic E-state index is 0.0748. The highest BCUT2D eigenvalue weighted by Crippen LogP contribution is 2.15. The summed E-state index contributed by atoms with van der Waals surface area (Å²) >= 11 is 0. The third-order valence-electron chi connectivity index (χ3n) is 3.79. The number of furan rings is 1. The van der Waals surface area contributed by atoms with Crippen molar-refractivity contribution in [3.8, 4) is 0 Å². The van der Waals surface area contributed by atoms with Crippen molar-refractivity contribution in [3.05, 3.63) is 24.2 Å². The maximum absolute atomic E-state index is 10.9. The molecular weight excluding hydrogens is 230 g/mol. The molecule has 1 unspecified atom stereocenters. The van der Waals surface area contributed by atoms with Crippen LogP contribution in [0.4, 0.5) is 0 Å². The van der Waals surface area contributed by atoms with Crippen LogP contribution in [-0.4, -0.2) is 18.6 Å². The molecule has 2 rings (SSSR count). The number of carbonyl (C=O) groups is 1. The van der Waals surface area contributed by atoms with E-state index in [1.54, 1.807) is 6.26 Å². The molecule has 1 atom stereocenters. The van der Waals surface area contributed by atoms with Crippen LogP contribution in [0.2, 0.25) is 0 Å². The Morgan fingerprint density at radius 1 is 1.33 bits per heavy atom. The molecule has 1 fully saturated rings. The fourth-order valence-corrected chi connectivity index (χ4v) is 2.86. The van der Waals surface area contributed by atoms with Crippen LogP contribution in [0.5, 0.6) is 0 Å². The first kappa shape index (κ1) is 13.1. The summed E-state index contributed by atoms with van der Waals surface area (Å²) in [6.45, 7) is 0.719. The Hall–Kier alpha value is -1.29. The molecule has 1 aromatic rings. The van der Waals surface area contributed by atoms with Gasteiger partial charge in [-0.15, -0.1) is 0 Å². The number of carboxylic acids is 1. The molecule has 1 aliphatic rings. The first-order valence-corrected chi connectivity index (χ1v) is 6.82. The molecule has 1 aromatic heterocycles. The fraction of sp³-hybridized carbons (Fsp3) is 0.643. The van der Waals surface area contributed by atoms with E-state index in [0.717, 1.165) is 23.5 Å². The van der Waals surface area contributed by atoms with Crippen molar-refractivity contribution in [2.75, 3.05) is 6.54 Å². The van der Waals surface area contributed by atoms with Crippen LogP contribution in [0, 0.1) is 0 Å². The van der Waals surface area contributed by atoms with Gasteiger partial charge in [0, 0.05) is 0 Å². The van der Waals surface area contributed by atoms with Crippen molar-refractivity contribution in [2.45, 2.75) is 51.1 Å². The summed E-state index contributed by atoms with van der Waals surface area (Å²) in [6.07, 6.45) is 8.83. The second-order valence-corrected chi connectivity index (χ2v) is 5.15. The van der Waals surface area contributed by atoms with E-state index in [1.165, 1.54) is 25.7 Å². The second-order valence-electron chi connectivity index (χ2n) is 5.15. The Labute approximate surface area is 108 Å². The molecular formula is C14H21NO3. The predicted octanol–water partition coefficient (Wildman–Crippen LogP) is 0.137. The highest BCUT2D eigenvalue weighted by Gasteiger charge is 2.24. The quantitative estimate of drug-likeness (QED) is 0.757. The Kier molecular flexibility index (Phi) is 4.81. The topological polar surface area (TPSA) is 57.7 Å². The lowest BCUT2D eigenvalue weighted by Gasteiger charge is -2.27. The van der Waals surface area contributed by atoms with E-state index >= 15 is 0 Å².